The first-order chi connectivity index (χ1) is 32.2. The van der Waals surface area contributed by atoms with Gasteiger partial charge in [-0.2, -0.15) is 0 Å². The zero-order valence-corrected chi connectivity index (χ0v) is 37.0. The quantitative estimate of drug-likeness (QED) is 0.138. The Balaban J connectivity index is 0.848. The van der Waals surface area contributed by atoms with Crippen LogP contribution >= 0.6 is 0 Å². The number of anilines is 2. The molecule has 0 N–H and O–H groups in total. The van der Waals surface area contributed by atoms with Crippen LogP contribution in [0.1, 0.15) is 102 Å². The fraction of sp³-hybridized carbons (Fsp3) is 0.156. The number of para-hydroxylation sites is 1. The van der Waals surface area contributed by atoms with Gasteiger partial charge in [0.15, 0.2) is 0 Å². The molecule has 65 heavy (non-hydrogen) atoms. The minimum atomic E-state index is 0.0441. The fourth-order valence-electron chi connectivity index (χ4n) is 11.7. The van der Waals surface area contributed by atoms with Gasteiger partial charge in [-0.3, -0.25) is 0 Å². The van der Waals surface area contributed by atoms with Crippen LogP contribution in [0.2, 0.25) is 0 Å². The highest BCUT2D eigenvalue weighted by molar-refractivity contribution is 5.94. The largest absolute Gasteiger partial charge is 0.311 e. The van der Waals surface area contributed by atoms with Crippen molar-refractivity contribution < 1.29 is 0 Å². The molecule has 4 aliphatic rings. The zero-order valence-electron chi connectivity index (χ0n) is 37.0. The Bertz CT molecular complexity index is 3190. The standard InChI is InChI=1S/C64H53N/c1-6-17-47(18-7-1)56-25-16-26-60-55(37-38-57(63(56)60)48-19-8-2-9-20-48)51-33-32-49-41-45(29-31-50(49)43-51)27-28-46-30-35-58-59-36-34-54(44-62(59)64(61(58)42-46)39-14-5-15-40-64)65(52-21-10-3-11-22-52)53-23-12-4-13-24-53/h1-3,6-12,16-37,41-44,57H,4-5,13-15,38-40H2/b28-27+. The van der Waals surface area contributed by atoms with Gasteiger partial charge in [0.1, 0.15) is 0 Å². The van der Waals surface area contributed by atoms with E-state index in [1.165, 1.54) is 132 Å². The van der Waals surface area contributed by atoms with Crippen molar-refractivity contribution in [1.29, 1.82) is 0 Å². The van der Waals surface area contributed by atoms with Crippen LogP contribution in [0, 0.1) is 0 Å². The van der Waals surface area contributed by atoms with E-state index in [4.69, 9.17) is 0 Å². The Labute approximate surface area is 384 Å². The number of allylic oxidation sites excluding steroid dienone is 4. The monoisotopic (exact) mass is 835 g/mol. The lowest BCUT2D eigenvalue weighted by molar-refractivity contribution is 0.353. The molecule has 4 aliphatic carbocycles. The molecular weight excluding hydrogens is 783 g/mol. The first-order valence-corrected chi connectivity index (χ1v) is 23.9. The Morgan fingerprint density at radius 2 is 1.15 bits per heavy atom. The second-order valence-electron chi connectivity index (χ2n) is 18.6. The SMILES string of the molecule is C1=CC(N(c2ccccc2)c2ccc3c(c2)C2(CCCCC2)c2cc(/C=C/c4ccc5cc(C6=CCC(c7ccccc7)c7c6cccc7-c6ccccc6)ccc5c4)ccc2-3)=CCC1. The van der Waals surface area contributed by atoms with Crippen LogP contribution in [0.15, 0.2) is 212 Å². The van der Waals surface area contributed by atoms with Crippen LogP contribution in [-0.2, 0) is 5.41 Å². The van der Waals surface area contributed by atoms with Gasteiger partial charge in [0.25, 0.3) is 0 Å². The summed E-state index contributed by atoms with van der Waals surface area (Å²) in [5, 5.41) is 2.53. The number of hydrogen-bond acceptors (Lipinski definition) is 1. The molecule has 0 aliphatic heterocycles. The Kier molecular flexibility index (Phi) is 10.1. The van der Waals surface area contributed by atoms with E-state index in [0.29, 0.717) is 5.92 Å². The van der Waals surface area contributed by atoms with E-state index in [0.717, 1.165) is 19.3 Å². The van der Waals surface area contributed by atoms with Crippen molar-refractivity contribution in [3.8, 4) is 22.3 Å². The van der Waals surface area contributed by atoms with Crippen molar-refractivity contribution in [2.45, 2.75) is 62.7 Å². The highest BCUT2D eigenvalue weighted by Gasteiger charge is 2.44. The van der Waals surface area contributed by atoms with Crippen LogP contribution in [-0.4, -0.2) is 0 Å². The number of rotatable bonds is 8. The highest BCUT2D eigenvalue weighted by Crippen LogP contribution is 2.57. The summed E-state index contributed by atoms with van der Waals surface area (Å²) in [6.07, 6.45) is 23.5. The lowest BCUT2D eigenvalue weighted by Crippen LogP contribution is -2.28. The van der Waals surface area contributed by atoms with Gasteiger partial charge < -0.3 is 4.90 Å². The maximum absolute atomic E-state index is 2.54. The zero-order chi connectivity index (χ0) is 43.2. The molecule has 1 unspecified atom stereocenters. The molecule has 0 aromatic heterocycles. The molecule has 0 saturated heterocycles. The number of nitrogens with zero attached hydrogens (tertiary/aromatic N) is 1. The van der Waals surface area contributed by atoms with Gasteiger partial charge in [-0.05, 0) is 158 Å². The van der Waals surface area contributed by atoms with E-state index in [9.17, 15) is 0 Å². The van der Waals surface area contributed by atoms with Crippen LogP contribution in [0.3, 0.4) is 0 Å². The topological polar surface area (TPSA) is 3.24 Å². The van der Waals surface area contributed by atoms with Gasteiger partial charge >= 0.3 is 0 Å². The molecule has 12 rings (SSSR count). The van der Waals surface area contributed by atoms with E-state index in [1.54, 1.807) is 0 Å². The van der Waals surface area contributed by atoms with Crippen molar-refractivity contribution in [1.82, 2.24) is 0 Å². The molecule has 0 heterocycles. The predicted molar refractivity (Wildman–Crippen MR) is 276 cm³/mol. The van der Waals surface area contributed by atoms with Gasteiger partial charge in [0.05, 0.1) is 0 Å². The van der Waals surface area contributed by atoms with Crippen molar-refractivity contribution in [3.05, 3.63) is 256 Å². The molecule has 1 spiro atoms. The Hall–Kier alpha value is -7.22. The second-order valence-corrected chi connectivity index (χ2v) is 18.6. The Morgan fingerprint density at radius 1 is 0.477 bits per heavy atom. The van der Waals surface area contributed by atoms with Crippen LogP contribution in [0.25, 0.3) is 50.8 Å². The van der Waals surface area contributed by atoms with Crippen molar-refractivity contribution in [2.24, 2.45) is 0 Å². The average Bonchev–Trinajstić information content (AvgIpc) is 3.63. The van der Waals surface area contributed by atoms with Crippen molar-refractivity contribution in [2.75, 3.05) is 4.90 Å². The number of fused-ring (bicyclic) bond motifs is 7. The highest BCUT2D eigenvalue weighted by atomic mass is 15.1. The molecule has 1 saturated carbocycles. The molecule has 8 aromatic carbocycles. The van der Waals surface area contributed by atoms with E-state index in [1.807, 2.05) is 0 Å². The number of hydrogen-bond donors (Lipinski definition) is 0. The average molecular weight is 836 g/mol. The third-order valence-electron chi connectivity index (χ3n) is 14.8. The van der Waals surface area contributed by atoms with Gasteiger partial charge in [0, 0.05) is 28.4 Å². The van der Waals surface area contributed by atoms with Crippen molar-refractivity contribution >= 4 is 39.9 Å². The summed E-state index contributed by atoms with van der Waals surface area (Å²) in [5.41, 5.74) is 21.5. The normalized spacial score (nSPS) is 17.1. The maximum atomic E-state index is 2.54. The summed E-state index contributed by atoms with van der Waals surface area (Å²) in [7, 11) is 0. The first-order valence-electron chi connectivity index (χ1n) is 23.9. The molecule has 0 radical (unpaired) electrons. The van der Waals surface area contributed by atoms with E-state index >= 15 is 0 Å². The molecule has 8 aromatic rings. The van der Waals surface area contributed by atoms with E-state index in [-0.39, 0.29) is 5.41 Å². The summed E-state index contributed by atoms with van der Waals surface area (Å²) in [6.45, 7) is 0. The first kappa shape index (κ1) is 39.4. The summed E-state index contributed by atoms with van der Waals surface area (Å²) >= 11 is 0. The lowest BCUT2D eigenvalue weighted by Gasteiger charge is -2.37. The molecule has 314 valence electrons. The van der Waals surface area contributed by atoms with Gasteiger partial charge in [-0.1, -0.05) is 195 Å². The van der Waals surface area contributed by atoms with Crippen molar-refractivity contribution in [3.63, 3.8) is 0 Å². The molecule has 1 nitrogen and oxygen atoms in total. The van der Waals surface area contributed by atoms with Crippen LogP contribution in [0.5, 0.6) is 0 Å². The Morgan fingerprint density at radius 3 is 1.94 bits per heavy atom. The fourth-order valence-corrected chi connectivity index (χ4v) is 11.7. The van der Waals surface area contributed by atoms with Gasteiger partial charge in [0.2, 0.25) is 0 Å². The minimum absolute atomic E-state index is 0.0441. The molecule has 1 heteroatoms. The summed E-state index contributed by atoms with van der Waals surface area (Å²) in [4.78, 5) is 2.46. The lowest BCUT2D eigenvalue weighted by atomic mass is 9.67. The van der Waals surface area contributed by atoms with E-state index in [2.05, 4.69) is 223 Å². The summed E-state index contributed by atoms with van der Waals surface area (Å²) < 4.78 is 0. The van der Waals surface area contributed by atoms with Crippen LogP contribution < -0.4 is 4.90 Å². The number of benzene rings is 8. The van der Waals surface area contributed by atoms with Crippen LogP contribution in [0.4, 0.5) is 11.4 Å². The molecule has 1 fully saturated rings. The van der Waals surface area contributed by atoms with Gasteiger partial charge in [-0.25, -0.2) is 0 Å². The summed E-state index contributed by atoms with van der Waals surface area (Å²) in [5.74, 6) is 0.306. The summed E-state index contributed by atoms with van der Waals surface area (Å²) in [6, 6.07) is 68.3. The molecule has 1 atom stereocenters. The maximum Gasteiger partial charge on any atom is 0.0464 e. The second kappa shape index (κ2) is 16.7. The smallest absolute Gasteiger partial charge is 0.0464 e. The third-order valence-corrected chi connectivity index (χ3v) is 14.8. The molecular formula is C64H53N. The van der Waals surface area contributed by atoms with E-state index < -0.39 is 0 Å². The molecule has 0 amide bonds. The third kappa shape index (κ3) is 7.11. The predicted octanol–water partition coefficient (Wildman–Crippen LogP) is 17.2. The minimum Gasteiger partial charge on any atom is -0.311 e. The molecule has 0 bridgehead atoms. The van der Waals surface area contributed by atoms with Gasteiger partial charge in [-0.15, -0.1) is 0 Å².